The fraction of sp³-hybridized carbons (Fsp3) is 0.200. The lowest BCUT2D eigenvalue weighted by Crippen LogP contribution is -2.42. The van der Waals surface area contributed by atoms with Gasteiger partial charge in [-0.3, -0.25) is 14.6 Å². The van der Waals surface area contributed by atoms with E-state index in [1.54, 1.807) is 0 Å². The van der Waals surface area contributed by atoms with Crippen molar-refractivity contribution < 1.29 is 36.6 Å². The Kier molecular flexibility index (Phi) is 7.01. The molecule has 0 radical (unpaired) electrons. The monoisotopic (exact) mass is 470 g/mol. The highest BCUT2D eigenvalue weighted by molar-refractivity contribution is 5.94. The van der Waals surface area contributed by atoms with Crippen molar-refractivity contribution in [1.82, 2.24) is 20.1 Å². The van der Waals surface area contributed by atoms with Crippen molar-refractivity contribution in [3.05, 3.63) is 70.8 Å². The number of aliphatic hydroxyl groups is 1. The van der Waals surface area contributed by atoms with Crippen molar-refractivity contribution in [2.24, 2.45) is 0 Å². The van der Waals surface area contributed by atoms with Gasteiger partial charge in [-0.1, -0.05) is 0 Å². The largest absolute Gasteiger partial charge is 0.435 e. The maximum atomic E-state index is 12.8. The quantitative estimate of drug-likeness (QED) is 0.515. The van der Waals surface area contributed by atoms with E-state index < -0.39 is 42.5 Å². The number of ether oxygens (including phenoxy) is 1. The molecular formula is C20H15F5N4O4. The van der Waals surface area contributed by atoms with Crippen LogP contribution in [0, 0.1) is 0 Å². The molecule has 2 heterocycles. The van der Waals surface area contributed by atoms with Crippen LogP contribution in [0.2, 0.25) is 0 Å². The van der Waals surface area contributed by atoms with Crippen molar-refractivity contribution in [1.29, 1.82) is 0 Å². The number of aliphatic hydroxyl groups excluding tert-OH is 1. The zero-order valence-corrected chi connectivity index (χ0v) is 16.5. The molecule has 0 fully saturated rings. The van der Waals surface area contributed by atoms with Crippen molar-refractivity contribution in [2.45, 2.75) is 18.9 Å². The molecule has 0 aliphatic heterocycles. The van der Waals surface area contributed by atoms with E-state index in [0.29, 0.717) is 5.56 Å². The molecule has 13 heteroatoms. The third kappa shape index (κ3) is 5.88. The third-order valence-electron chi connectivity index (χ3n) is 4.26. The van der Waals surface area contributed by atoms with Gasteiger partial charge in [0.25, 0.3) is 11.5 Å². The van der Waals surface area contributed by atoms with Crippen LogP contribution in [0.3, 0.4) is 0 Å². The van der Waals surface area contributed by atoms with Gasteiger partial charge in [0.05, 0.1) is 24.1 Å². The summed E-state index contributed by atoms with van der Waals surface area (Å²) in [5, 5.41) is 15.1. The third-order valence-corrected chi connectivity index (χ3v) is 4.26. The van der Waals surface area contributed by atoms with Gasteiger partial charge < -0.3 is 15.2 Å². The number of pyridine rings is 1. The second-order valence-electron chi connectivity index (χ2n) is 6.54. The highest BCUT2D eigenvalue weighted by Crippen LogP contribution is 2.23. The summed E-state index contributed by atoms with van der Waals surface area (Å²) in [4.78, 5) is 29.2. The van der Waals surface area contributed by atoms with Gasteiger partial charge in [-0.25, -0.2) is 0 Å². The van der Waals surface area contributed by atoms with Crippen molar-refractivity contribution >= 4 is 5.91 Å². The summed E-state index contributed by atoms with van der Waals surface area (Å²) in [6.07, 6.45) is -5.10. The molecular weight excluding hydrogens is 455 g/mol. The Bertz CT molecular complexity index is 1170. The Balaban J connectivity index is 2.02. The minimum atomic E-state index is -4.96. The van der Waals surface area contributed by atoms with Crippen LogP contribution in [0.5, 0.6) is 5.75 Å². The van der Waals surface area contributed by atoms with Crippen LogP contribution in [-0.4, -0.2) is 51.2 Å². The molecule has 1 aromatic carbocycles. The minimum absolute atomic E-state index is 0.0311. The number of nitrogens with zero attached hydrogens (tertiary/aromatic N) is 3. The van der Waals surface area contributed by atoms with Gasteiger partial charge >= 0.3 is 12.8 Å². The Morgan fingerprint density at radius 1 is 1.18 bits per heavy atom. The standard InChI is InChI=1S/C20H15F5N4O4/c21-19(22)33-13-5-3-11(4-6-13)15-8-14(17(31)27-10-16(30)20(23,24)25)18(32)29(28-15)12-2-1-7-26-9-12/h1-9,16,19,30H,10H2,(H,27,31). The van der Waals surface area contributed by atoms with Gasteiger partial charge in [-0.15, -0.1) is 0 Å². The molecule has 3 aromatic rings. The van der Waals surface area contributed by atoms with Crippen molar-refractivity contribution in [2.75, 3.05) is 6.54 Å². The van der Waals surface area contributed by atoms with Crippen LogP contribution in [-0.2, 0) is 0 Å². The first-order chi connectivity index (χ1) is 15.6. The molecule has 174 valence electrons. The number of amides is 1. The molecule has 1 amide bonds. The molecule has 1 unspecified atom stereocenters. The van der Waals surface area contributed by atoms with Gasteiger partial charge in [0.2, 0.25) is 0 Å². The lowest BCUT2D eigenvalue weighted by molar-refractivity contribution is -0.201. The predicted molar refractivity (Wildman–Crippen MR) is 104 cm³/mol. The number of hydrogen-bond acceptors (Lipinski definition) is 6. The Hall–Kier alpha value is -3.87. The number of carbonyl (C=O) groups excluding carboxylic acids is 1. The first kappa shape index (κ1) is 23.8. The normalized spacial score (nSPS) is 12.5. The molecule has 0 saturated heterocycles. The van der Waals surface area contributed by atoms with Crippen LogP contribution in [0.15, 0.2) is 59.7 Å². The van der Waals surface area contributed by atoms with Gasteiger partial charge in [0.1, 0.15) is 11.3 Å². The number of halogens is 5. The van der Waals surface area contributed by atoms with Gasteiger partial charge in [0.15, 0.2) is 6.10 Å². The summed E-state index contributed by atoms with van der Waals surface area (Å²) in [7, 11) is 0. The molecule has 0 aliphatic rings. The lowest BCUT2D eigenvalue weighted by atomic mass is 10.1. The fourth-order valence-electron chi connectivity index (χ4n) is 2.66. The number of carbonyl (C=O) groups is 1. The fourth-order valence-corrected chi connectivity index (χ4v) is 2.66. The predicted octanol–water partition coefficient (Wildman–Crippen LogP) is 2.55. The van der Waals surface area contributed by atoms with Gasteiger partial charge in [0, 0.05) is 11.8 Å². The zero-order valence-electron chi connectivity index (χ0n) is 16.5. The molecule has 3 rings (SSSR count). The molecule has 0 aliphatic carbocycles. The molecule has 8 nitrogen and oxygen atoms in total. The highest BCUT2D eigenvalue weighted by Gasteiger charge is 2.38. The molecule has 0 bridgehead atoms. The summed E-state index contributed by atoms with van der Waals surface area (Å²) in [5.41, 5.74) is -1.04. The van der Waals surface area contributed by atoms with Gasteiger partial charge in [-0.05, 0) is 42.5 Å². The number of hydrogen-bond donors (Lipinski definition) is 2. The smallest absolute Gasteiger partial charge is 0.416 e. The summed E-state index contributed by atoms with van der Waals surface area (Å²) >= 11 is 0. The van der Waals surface area contributed by atoms with Crippen LogP contribution in [0.4, 0.5) is 22.0 Å². The van der Waals surface area contributed by atoms with E-state index in [4.69, 9.17) is 5.11 Å². The lowest BCUT2D eigenvalue weighted by Gasteiger charge is -2.15. The van der Waals surface area contributed by atoms with Crippen LogP contribution in [0.25, 0.3) is 16.9 Å². The maximum Gasteiger partial charge on any atom is 0.416 e. The Morgan fingerprint density at radius 3 is 2.45 bits per heavy atom. The number of benzene rings is 1. The second-order valence-corrected chi connectivity index (χ2v) is 6.54. The number of aromatic nitrogens is 3. The van der Waals surface area contributed by atoms with Crippen molar-refractivity contribution in [3.63, 3.8) is 0 Å². The Labute approximate surface area is 182 Å². The van der Waals surface area contributed by atoms with E-state index in [-0.39, 0.29) is 17.1 Å². The molecule has 2 aromatic heterocycles. The molecule has 2 N–H and O–H groups in total. The van der Waals surface area contributed by atoms with Crippen LogP contribution >= 0.6 is 0 Å². The number of nitrogens with one attached hydrogen (secondary N) is 1. The van der Waals surface area contributed by atoms with Gasteiger partial charge in [-0.2, -0.15) is 31.7 Å². The summed E-state index contributed by atoms with van der Waals surface area (Å²) in [5.74, 6) is -1.32. The minimum Gasteiger partial charge on any atom is -0.435 e. The van der Waals surface area contributed by atoms with E-state index in [9.17, 15) is 31.5 Å². The average Bonchev–Trinajstić information content (AvgIpc) is 2.77. The topological polar surface area (TPSA) is 106 Å². The number of rotatable bonds is 7. The average molecular weight is 470 g/mol. The Morgan fingerprint density at radius 2 is 1.88 bits per heavy atom. The van der Waals surface area contributed by atoms with E-state index >= 15 is 0 Å². The molecule has 33 heavy (non-hydrogen) atoms. The first-order valence-corrected chi connectivity index (χ1v) is 9.19. The second kappa shape index (κ2) is 9.73. The van der Waals surface area contributed by atoms with Crippen molar-refractivity contribution in [3.8, 4) is 22.7 Å². The van der Waals surface area contributed by atoms with E-state index in [2.05, 4.69) is 14.8 Å². The summed E-state index contributed by atoms with van der Waals surface area (Å²) < 4.78 is 67.4. The van der Waals surface area contributed by atoms with Crippen LogP contribution in [0.1, 0.15) is 10.4 Å². The summed E-state index contributed by atoms with van der Waals surface area (Å²) in [6, 6.07) is 9.09. The molecule has 1 atom stereocenters. The zero-order chi connectivity index (χ0) is 24.2. The molecule has 0 saturated carbocycles. The highest BCUT2D eigenvalue weighted by atomic mass is 19.4. The number of alkyl halides is 5. The van der Waals surface area contributed by atoms with Crippen LogP contribution < -0.4 is 15.6 Å². The maximum absolute atomic E-state index is 12.8. The van der Waals surface area contributed by atoms with E-state index in [0.717, 1.165) is 10.7 Å². The first-order valence-electron chi connectivity index (χ1n) is 9.19. The van der Waals surface area contributed by atoms with E-state index in [1.807, 2.05) is 5.32 Å². The summed E-state index contributed by atoms with van der Waals surface area (Å²) in [6.45, 7) is -4.21. The SMILES string of the molecule is O=C(NCC(O)C(F)(F)F)c1cc(-c2ccc(OC(F)F)cc2)nn(-c2cccnc2)c1=O. The molecule has 0 spiro atoms. The van der Waals surface area contributed by atoms with E-state index in [1.165, 1.54) is 48.8 Å².